The highest BCUT2D eigenvalue weighted by Gasteiger charge is 2.37. The van der Waals surface area contributed by atoms with Crippen LogP contribution in [0.1, 0.15) is 58.3 Å². The SMILES string of the molecule is CC1(C(=O)NC2CCCC(CN)C2)CCCC1. The quantitative estimate of drug-likeness (QED) is 0.792. The van der Waals surface area contributed by atoms with Crippen LogP contribution in [0.5, 0.6) is 0 Å². The van der Waals surface area contributed by atoms with E-state index in [4.69, 9.17) is 5.73 Å². The number of hydrogen-bond donors (Lipinski definition) is 2. The van der Waals surface area contributed by atoms with Crippen molar-refractivity contribution < 1.29 is 4.79 Å². The minimum Gasteiger partial charge on any atom is -0.353 e. The van der Waals surface area contributed by atoms with Crippen LogP contribution in [0.15, 0.2) is 0 Å². The monoisotopic (exact) mass is 238 g/mol. The molecule has 0 radical (unpaired) electrons. The maximum atomic E-state index is 12.3. The molecule has 0 heterocycles. The summed E-state index contributed by atoms with van der Waals surface area (Å²) in [7, 11) is 0. The Bertz CT molecular complexity index is 271. The lowest BCUT2D eigenvalue weighted by Crippen LogP contribution is -2.45. The van der Waals surface area contributed by atoms with E-state index < -0.39 is 0 Å². The third-order valence-electron chi connectivity index (χ3n) is 4.71. The average molecular weight is 238 g/mol. The van der Waals surface area contributed by atoms with Crippen LogP contribution in [-0.4, -0.2) is 18.5 Å². The molecule has 2 atom stereocenters. The number of rotatable bonds is 3. The number of nitrogens with one attached hydrogen (secondary N) is 1. The van der Waals surface area contributed by atoms with E-state index >= 15 is 0 Å². The maximum Gasteiger partial charge on any atom is 0.226 e. The Balaban J connectivity index is 1.85. The molecule has 0 aromatic heterocycles. The fourth-order valence-corrected chi connectivity index (χ4v) is 3.38. The predicted octanol–water partition coefficient (Wildman–Crippen LogP) is 2.20. The van der Waals surface area contributed by atoms with Crippen LogP contribution in [0.25, 0.3) is 0 Å². The van der Waals surface area contributed by atoms with Crippen molar-refractivity contribution in [2.75, 3.05) is 6.54 Å². The molecule has 2 saturated carbocycles. The average Bonchev–Trinajstić information content (AvgIpc) is 2.78. The van der Waals surface area contributed by atoms with Crippen LogP contribution < -0.4 is 11.1 Å². The van der Waals surface area contributed by atoms with Gasteiger partial charge >= 0.3 is 0 Å². The summed E-state index contributed by atoms with van der Waals surface area (Å²) < 4.78 is 0. The van der Waals surface area contributed by atoms with Gasteiger partial charge in [0.2, 0.25) is 5.91 Å². The Labute approximate surface area is 105 Å². The van der Waals surface area contributed by atoms with Crippen LogP contribution in [0.4, 0.5) is 0 Å². The van der Waals surface area contributed by atoms with Gasteiger partial charge in [-0.05, 0) is 44.6 Å². The summed E-state index contributed by atoms with van der Waals surface area (Å²) in [6, 6.07) is 0.377. The van der Waals surface area contributed by atoms with Crippen LogP contribution in [-0.2, 0) is 4.79 Å². The summed E-state index contributed by atoms with van der Waals surface area (Å²) in [5.41, 5.74) is 5.64. The molecule has 3 nitrogen and oxygen atoms in total. The van der Waals surface area contributed by atoms with E-state index in [1.807, 2.05) is 0 Å². The fraction of sp³-hybridized carbons (Fsp3) is 0.929. The van der Waals surface area contributed by atoms with E-state index in [0.717, 1.165) is 32.2 Å². The van der Waals surface area contributed by atoms with E-state index in [2.05, 4.69) is 12.2 Å². The third kappa shape index (κ3) is 3.01. The number of amides is 1. The summed E-state index contributed by atoms with van der Waals surface area (Å²) in [5.74, 6) is 0.906. The molecule has 1 amide bonds. The smallest absolute Gasteiger partial charge is 0.226 e. The highest BCUT2D eigenvalue weighted by molar-refractivity contribution is 5.82. The predicted molar refractivity (Wildman–Crippen MR) is 69.5 cm³/mol. The molecule has 17 heavy (non-hydrogen) atoms. The molecular weight excluding hydrogens is 212 g/mol. The molecule has 2 aliphatic carbocycles. The van der Waals surface area contributed by atoms with Gasteiger partial charge in [-0.25, -0.2) is 0 Å². The molecule has 2 rings (SSSR count). The Kier molecular flexibility index (Phi) is 4.08. The second-order valence-electron chi connectivity index (χ2n) is 6.21. The molecular formula is C14H26N2O. The second kappa shape index (κ2) is 5.38. The van der Waals surface area contributed by atoms with Crippen molar-refractivity contribution >= 4 is 5.91 Å². The molecule has 0 aliphatic heterocycles. The van der Waals surface area contributed by atoms with Gasteiger partial charge in [-0.3, -0.25) is 4.79 Å². The zero-order valence-corrected chi connectivity index (χ0v) is 11.0. The Morgan fingerprint density at radius 2 is 2.00 bits per heavy atom. The van der Waals surface area contributed by atoms with Crippen molar-refractivity contribution in [1.29, 1.82) is 0 Å². The van der Waals surface area contributed by atoms with Gasteiger partial charge in [0, 0.05) is 11.5 Å². The standard InChI is InChI=1S/C14H26N2O/c1-14(7-2-3-8-14)13(17)16-12-6-4-5-11(9-12)10-15/h11-12H,2-10,15H2,1H3,(H,16,17). The minimum atomic E-state index is -0.0876. The molecule has 98 valence electrons. The van der Waals surface area contributed by atoms with Crippen LogP contribution in [0.3, 0.4) is 0 Å². The first kappa shape index (κ1) is 12.9. The summed E-state index contributed by atoms with van der Waals surface area (Å²) in [5, 5.41) is 3.27. The third-order valence-corrected chi connectivity index (χ3v) is 4.71. The van der Waals surface area contributed by atoms with E-state index in [1.165, 1.54) is 25.7 Å². The minimum absolute atomic E-state index is 0.0876. The van der Waals surface area contributed by atoms with E-state index in [0.29, 0.717) is 12.0 Å². The summed E-state index contributed by atoms with van der Waals surface area (Å²) in [6.07, 6.45) is 9.21. The summed E-state index contributed by atoms with van der Waals surface area (Å²) >= 11 is 0. The van der Waals surface area contributed by atoms with Gasteiger partial charge in [-0.2, -0.15) is 0 Å². The first-order valence-corrected chi connectivity index (χ1v) is 7.15. The molecule has 2 unspecified atom stereocenters. The molecule has 3 N–H and O–H groups in total. The molecule has 0 saturated heterocycles. The molecule has 0 spiro atoms. The summed E-state index contributed by atoms with van der Waals surface area (Å²) in [6.45, 7) is 2.89. The molecule has 0 aromatic rings. The van der Waals surface area contributed by atoms with Gasteiger partial charge in [-0.1, -0.05) is 26.2 Å². The van der Waals surface area contributed by atoms with Gasteiger partial charge in [0.15, 0.2) is 0 Å². The zero-order valence-electron chi connectivity index (χ0n) is 11.0. The van der Waals surface area contributed by atoms with Crippen molar-refractivity contribution in [3.8, 4) is 0 Å². The lowest BCUT2D eigenvalue weighted by molar-refractivity contribution is -0.131. The molecule has 3 heteroatoms. The largest absolute Gasteiger partial charge is 0.353 e. The van der Waals surface area contributed by atoms with E-state index in [1.54, 1.807) is 0 Å². The van der Waals surface area contributed by atoms with Gasteiger partial charge in [0.1, 0.15) is 0 Å². The molecule has 0 bridgehead atoms. The van der Waals surface area contributed by atoms with Crippen molar-refractivity contribution in [3.05, 3.63) is 0 Å². The Morgan fingerprint density at radius 3 is 2.65 bits per heavy atom. The van der Waals surface area contributed by atoms with Crippen molar-refractivity contribution in [3.63, 3.8) is 0 Å². The normalized spacial score (nSPS) is 32.4. The lowest BCUT2D eigenvalue weighted by Gasteiger charge is -2.32. The maximum absolute atomic E-state index is 12.3. The first-order valence-electron chi connectivity index (χ1n) is 7.15. The summed E-state index contributed by atoms with van der Waals surface area (Å²) in [4.78, 5) is 12.3. The Hall–Kier alpha value is -0.570. The number of carbonyl (C=O) groups excluding carboxylic acids is 1. The van der Waals surface area contributed by atoms with Crippen LogP contribution in [0.2, 0.25) is 0 Å². The topological polar surface area (TPSA) is 55.1 Å². The highest BCUT2D eigenvalue weighted by Crippen LogP contribution is 2.38. The Morgan fingerprint density at radius 1 is 1.29 bits per heavy atom. The zero-order chi connectivity index (χ0) is 12.3. The van der Waals surface area contributed by atoms with Gasteiger partial charge in [0.25, 0.3) is 0 Å². The molecule has 0 aromatic carbocycles. The number of nitrogens with two attached hydrogens (primary N) is 1. The van der Waals surface area contributed by atoms with Crippen LogP contribution in [0, 0.1) is 11.3 Å². The number of carbonyl (C=O) groups is 1. The van der Waals surface area contributed by atoms with Crippen molar-refractivity contribution in [1.82, 2.24) is 5.32 Å². The van der Waals surface area contributed by atoms with Crippen molar-refractivity contribution in [2.24, 2.45) is 17.1 Å². The van der Waals surface area contributed by atoms with Crippen LogP contribution >= 0.6 is 0 Å². The second-order valence-corrected chi connectivity index (χ2v) is 6.21. The molecule has 2 aliphatic rings. The van der Waals surface area contributed by atoms with E-state index in [9.17, 15) is 4.79 Å². The number of hydrogen-bond acceptors (Lipinski definition) is 2. The van der Waals surface area contributed by atoms with Gasteiger partial charge in [-0.15, -0.1) is 0 Å². The van der Waals surface area contributed by atoms with Gasteiger partial charge in [0.05, 0.1) is 0 Å². The lowest BCUT2D eigenvalue weighted by atomic mass is 9.83. The van der Waals surface area contributed by atoms with E-state index in [-0.39, 0.29) is 11.3 Å². The molecule has 2 fully saturated rings. The van der Waals surface area contributed by atoms with Crippen molar-refractivity contribution in [2.45, 2.75) is 64.3 Å². The highest BCUT2D eigenvalue weighted by atomic mass is 16.2. The first-order chi connectivity index (χ1) is 8.14. The fourth-order valence-electron chi connectivity index (χ4n) is 3.38. The van der Waals surface area contributed by atoms with Gasteiger partial charge < -0.3 is 11.1 Å².